The largest absolute Gasteiger partial charge is 0.349 e. The first-order valence-electron chi connectivity index (χ1n) is 8.05. The van der Waals surface area contributed by atoms with E-state index in [9.17, 15) is 14.0 Å². The predicted molar refractivity (Wildman–Crippen MR) is 99.0 cm³/mol. The molecule has 2 rings (SSSR count). The van der Waals surface area contributed by atoms with Crippen molar-refractivity contribution in [1.29, 1.82) is 0 Å². The van der Waals surface area contributed by atoms with Crippen LogP contribution < -0.4 is 10.6 Å². The molecule has 1 atom stereocenters. The maximum atomic E-state index is 12.9. The van der Waals surface area contributed by atoms with E-state index in [0.29, 0.717) is 6.42 Å². The van der Waals surface area contributed by atoms with Crippen LogP contribution in [0.25, 0.3) is 0 Å². The highest BCUT2D eigenvalue weighted by molar-refractivity contribution is 8.00. The van der Waals surface area contributed by atoms with Crippen molar-refractivity contribution < 1.29 is 14.0 Å². The second-order valence-electron chi connectivity index (χ2n) is 5.56. The van der Waals surface area contributed by atoms with E-state index in [1.807, 2.05) is 31.2 Å². The molecule has 0 aromatic heterocycles. The molecule has 0 spiro atoms. The van der Waals surface area contributed by atoms with Gasteiger partial charge in [0.2, 0.25) is 11.8 Å². The first-order chi connectivity index (χ1) is 12.0. The lowest BCUT2D eigenvalue weighted by molar-refractivity contribution is -0.119. The molecule has 0 fully saturated rings. The van der Waals surface area contributed by atoms with E-state index >= 15 is 0 Å². The van der Waals surface area contributed by atoms with Gasteiger partial charge in [0.25, 0.3) is 0 Å². The third-order valence-corrected chi connectivity index (χ3v) is 4.59. The summed E-state index contributed by atoms with van der Waals surface area (Å²) in [6, 6.07) is 13.3. The van der Waals surface area contributed by atoms with Gasteiger partial charge in [-0.05, 0) is 48.9 Å². The van der Waals surface area contributed by atoms with E-state index < -0.39 is 0 Å². The summed E-state index contributed by atoms with van der Waals surface area (Å²) in [6.45, 7) is 3.70. The summed E-state index contributed by atoms with van der Waals surface area (Å²) in [7, 11) is 0. The molecule has 0 aliphatic rings. The van der Waals surface area contributed by atoms with Gasteiger partial charge in [-0.15, -0.1) is 11.8 Å². The molecule has 0 saturated carbocycles. The van der Waals surface area contributed by atoms with Crippen LogP contribution in [0.2, 0.25) is 0 Å². The van der Waals surface area contributed by atoms with Crippen molar-refractivity contribution in [2.45, 2.75) is 31.2 Å². The Bertz CT molecular complexity index is 717. The summed E-state index contributed by atoms with van der Waals surface area (Å²) >= 11 is 1.36. The number of amides is 2. The first-order valence-corrected chi connectivity index (χ1v) is 9.04. The Hall–Kier alpha value is -2.34. The van der Waals surface area contributed by atoms with Crippen LogP contribution in [0.1, 0.15) is 31.9 Å². The highest BCUT2D eigenvalue weighted by atomic mass is 32.2. The Kier molecular flexibility index (Phi) is 7.01. The zero-order valence-corrected chi connectivity index (χ0v) is 15.0. The van der Waals surface area contributed by atoms with Crippen molar-refractivity contribution >= 4 is 29.3 Å². The minimum absolute atomic E-state index is 0.0353. The maximum absolute atomic E-state index is 12.9. The molecule has 0 aliphatic carbocycles. The Labute approximate surface area is 151 Å². The molecule has 0 radical (unpaired) electrons. The predicted octanol–water partition coefficient (Wildman–Crippen LogP) is 4.14. The molecular weight excluding hydrogens is 339 g/mol. The minimum atomic E-state index is -0.291. The van der Waals surface area contributed by atoms with Crippen molar-refractivity contribution in [2.75, 3.05) is 11.1 Å². The summed E-state index contributed by atoms with van der Waals surface area (Å²) in [5.74, 6) is -0.154. The van der Waals surface area contributed by atoms with Gasteiger partial charge in [-0.2, -0.15) is 0 Å². The highest BCUT2D eigenvalue weighted by Crippen LogP contribution is 2.19. The number of carbonyl (C=O) groups excluding carboxylic acids is 2. The van der Waals surface area contributed by atoms with Gasteiger partial charge in [0, 0.05) is 17.0 Å². The van der Waals surface area contributed by atoms with E-state index in [0.717, 1.165) is 16.1 Å². The van der Waals surface area contributed by atoms with E-state index in [4.69, 9.17) is 0 Å². The van der Waals surface area contributed by atoms with E-state index in [-0.39, 0.29) is 29.4 Å². The van der Waals surface area contributed by atoms with E-state index in [1.54, 1.807) is 19.1 Å². The molecule has 4 nitrogen and oxygen atoms in total. The molecule has 25 heavy (non-hydrogen) atoms. The van der Waals surface area contributed by atoms with Crippen molar-refractivity contribution in [3.8, 4) is 0 Å². The first kappa shape index (κ1) is 19.0. The summed E-state index contributed by atoms with van der Waals surface area (Å²) in [5.41, 5.74) is 1.69. The normalized spacial score (nSPS) is 11.6. The van der Waals surface area contributed by atoms with Gasteiger partial charge >= 0.3 is 0 Å². The molecule has 0 bridgehead atoms. The van der Waals surface area contributed by atoms with Gasteiger partial charge in [-0.25, -0.2) is 4.39 Å². The zero-order valence-electron chi connectivity index (χ0n) is 14.2. The number of rotatable bonds is 7. The van der Waals surface area contributed by atoms with Gasteiger partial charge in [0.1, 0.15) is 5.82 Å². The fourth-order valence-electron chi connectivity index (χ4n) is 2.15. The number of thioether (sulfide) groups is 1. The molecule has 6 heteroatoms. The fourth-order valence-corrected chi connectivity index (χ4v) is 2.86. The van der Waals surface area contributed by atoms with Crippen LogP contribution >= 0.6 is 11.8 Å². The molecule has 0 saturated heterocycles. The van der Waals surface area contributed by atoms with Gasteiger partial charge in [0.15, 0.2) is 0 Å². The third kappa shape index (κ3) is 6.23. The SMILES string of the molecule is CCC(=O)Nc1ccc(C(C)NC(=O)CSc2ccc(F)cc2)cc1. The lowest BCUT2D eigenvalue weighted by Crippen LogP contribution is -2.28. The smallest absolute Gasteiger partial charge is 0.230 e. The molecule has 132 valence electrons. The zero-order chi connectivity index (χ0) is 18.2. The maximum Gasteiger partial charge on any atom is 0.230 e. The van der Waals surface area contributed by atoms with Gasteiger partial charge in [0.05, 0.1) is 11.8 Å². The topological polar surface area (TPSA) is 58.2 Å². The highest BCUT2D eigenvalue weighted by Gasteiger charge is 2.10. The lowest BCUT2D eigenvalue weighted by atomic mass is 10.1. The molecular formula is C19H21FN2O2S. The van der Waals surface area contributed by atoms with Crippen LogP contribution in [0.15, 0.2) is 53.4 Å². The van der Waals surface area contributed by atoms with Gasteiger partial charge in [-0.1, -0.05) is 19.1 Å². The second kappa shape index (κ2) is 9.22. The Morgan fingerprint density at radius 3 is 2.28 bits per heavy atom. The van der Waals surface area contributed by atoms with Crippen molar-refractivity contribution in [2.24, 2.45) is 0 Å². The fraction of sp³-hybridized carbons (Fsp3) is 0.263. The van der Waals surface area contributed by atoms with Crippen LogP contribution in [0.3, 0.4) is 0 Å². The summed E-state index contributed by atoms with van der Waals surface area (Å²) < 4.78 is 12.9. The molecule has 2 N–H and O–H groups in total. The molecule has 0 heterocycles. The van der Waals surface area contributed by atoms with Crippen molar-refractivity contribution in [1.82, 2.24) is 5.32 Å². The number of anilines is 1. The van der Waals surface area contributed by atoms with Crippen LogP contribution in [0.4, 0.5) is 10.1 Å². The average molecular weight is 360 g/mol. The van der Waals surface area contributed by atoms with Crippen molar-refractivity contribution in [3.63, 3.8) is 0 Å². The molecule has 2 amide bonds. The van der Waals surface area contributed by atoms with Crippen LogP contribution in [0.5, 0.6) is 0 Å². The molecule has 1 unspecified atom stereocenters. The minimum Gasteiger partial charge on any atom is -0.349 e. The molecule has 2 aromatic carbocycles. The number of halogens is 1. The van der Waals surface area contributed by atoms with Crippen LogP contribution in [-0.4, -0.2) is 17.6 Å². The summed E-state index contributed by atoms with van der Waals surface area (Å²) in [4.78, 5) is 24.3. The lowest BCUT2D eigenvalue weighted by Gasteiger charge is -2.15. The number of hydrogen-bond acceptors (Lipinski definition) is 3. The van der Waals surface area contributed by atoms with Gasteiger partial charge < -0.3 is 10.6 Å². The molecule has 2 aromatic rings. The van der Waals surface area contributed by atoms with Crippen molar-refractivity contribution in [3.05, 3.63) is 59.9 Å². The monoisotopic (exact) mass is 360 g/mol. The van der Waals surface area contributed by atoms with Gasteiger partial charge in [-0.3, -0.25) is 9.59 Å². The number of nitrogens with one attached hydrogen (secondary N) is 2. The van der Waals surface area contributed by atoms with Crippen LogP contribution in [0, 0.1) is 5.82 Å². The molecule has 0 aliphatic heterocycles. The standard InChI is InChI=1S/C19H21FN2O2S/c1-3-18(23)22-16-8-4-14(5-9-16)13(2)21-19(24)12-25-17-10-6-15(20)7-11-17/h4-11,13H,3,12H2,1-2H3,(H,21,24)(H,22,23). The van der Waals surface area contributed by atoms with E-state index in [2.05, 4.69) is 10.6 Å². The summed E-state index contributed by atoms with van der Waals surface area (Å²) in [6.07, 6.45) is 0.430. The average Bonchev–Trinajstić information content (AvgIpc) is 2.61. The van der Waals surface area contributed by atoms with E-state index in [1.165, 1.54) is 23.9 Å². The van der Waals surface area contributed by atoms with Crippen LogP contribution in [-0.2, 0) is 9.59 Å². The third-order valence-electron chi connectivity index (χ3n) is 3.58. The Morgan fingerprint density at radius 2 is 1.68 bits per heavy atom. The second-order valence-corrected chi connectivity index (χ2v) is 6.60. The Morgan fingerprint density at radius 1 is 1.04 bits per heavy atom. The number of benzene rings is 2. The Balaban J connectivity index is 1.83. The quantitative estimate of drug-likeness (QED) is 0.730. The number of hydrogen-bond donors (Lipinski definition) is 2. The summed E-state index contributed by atoms with van der Waals surface area (Å²) in [5, 5.41) is 5.71. The number of carbonyl (C=O) groups is 2.